The van der Waals surface area contributed by atoms with Crippen molar-refractivity contribution in [2.24, 2.45) is 17.8 Å². The minimum atomic E-state index is -0.115. The van der Waals surface area contributed by atoms with Crippen LogP contribution in [0, 0.1) is 17.8 Å². The third-order valence-electron chi connectivity index (χ3n) is 2.35. The van der Waals surface area contributed by atoms with Crippen LogP contribution >= 0.6 is 0 Å². The van der Waals surface area contributed by atoms with E-state index in [1.807, 2.05) is 13.8 Å². The van der Waals surface area contributed by atoms with Crippen LogP contribution in [0.25, 0.3) is 0 Å². The van der Waals surface area contributed by atoms with Gasteiger partial charge >= 0.3 is 5.97 Å². The van der Waals surface area contributed by atoms with Crippen molar-refractivity contribution in [3.05, 3.63) is 0 Å². The highest BCUT2D eigenvalue weighted by molar-refractivity contribution is 5.72. The highest BCUT2D eigenvalue weighted by Crippen LogP contribution is 2.14. The Hall–Kier alpha value is -0.570. The Morgan fingerprint density at radius 2 is 1.62 bits per heavy atom. The van der Waals surface area contributed by atoms with Gasteiger partial charge in [-0.2, -0.15) is 0 Å². The zero-order valence-corrected chi connectivity index (χ0v) is 11.3. The van der Waals surface area contributed by atoms with Crippen LogP contribution in [-0.2, 0) is 14.3 Å². The molecule has 0 saturated heterocycles. The molecule has 0 aromatic heterocycles. The molecule has 0 aliphatic carbocycles. The number of methoxy groups -OCH3 is 1. The van der Waals surface area contributed by atoms with Crippen LogP contribution in [0.4, 0.5) is 0 Å². The molecule has 0 radical (unpaired) electrons. The lowest BCUT2D eigenvalue weighted by molar-refractivity contribution is -0.151. The van der Waals surface area contributed by atoms with Gasteiger partial charge in [0.15, 0.2) is 0 Å². The van der Waals surface area contributed by atoms with E-state index in [1.54, 1.807) is 7.11 Å². The van der Waals surface area contributed by atoms with Crippen molar-refractivity contribution in [1.29, 1.82) is 0 Å². The van der Waals surface area contributed by atoms with Crippen molar-refractivity contribution in [2.45, 2.75) is 40.5 Å². The van der Waals surface area contributed by atoms with Gasteiger partial charge in [-0.3, -0.25) is 4.79 Å². The largest absolute Gasteiger partial charge is 0.465 e. The normalized spacial score (nSPS) is 13.2. The SMILES string of the molecule is COCC(CCC(C)C)C(=O)OCC(C)C. The summed E-state index contributed by atoms with van der Waals surface area (Å²) in [6.07, 6.45) is 1.88. The molecule has 0 rings (SSSR count). The molecule has 0 saturated carbocycles. The fourth-order valence-corrected chi connectivity index (χ4v) is 1.37. The molecule has 0 bridgehead atoms. The fraction of sp³-hybridized carbons (Fsp3) is 0.923. The molecular formula is C13H26O3. The van der Waals surface area contributed by atoms with E-state index in [0.717, 1.165) is 12.8 Å². The van der Waals surface area contributed by atoms with Gasteiger partial charge in [0.1, 0.15) is 0 Å². The molecule has 3 nitrogen and oxygen atoms in total. The molecule has 0 aromatic rings. The van der Waals surface area contributed by atoms with Crippen LogP contribution < -0.4 is 0 Å². The first kappa shape index (κ1) is 15.4. The van der Waals surface area contributed by atoms with Crippen LogP contribution in [0.1, 0.15) is 40.5 Å². The summed E-state index contributed by atoms with van der Waals surface area (Å²) in [6, 6.07) is 0. The zero-order valence-electron chi connectivity index (χ0n) is 11.3. The summed E-state index contributed by atoms with van der Waals surface area (Å²) in [6.45, 7) is 9.34. The average Bonchev–Trinajstić information content (AvgIpc) is 2.20. The maximum Gasteiger partial charge on any atom is 0.311 e. The lowest BCUT2D eigenvalue weighted by Gasteiger charge is -2.17. The second-order valence-electron chi connectivity index (χ2n) is 5.15. The molecular weight excluding hydrogens is 204 g/mol. The van der Waals surface area contributed by atoms with Crippen molar-refractivity contribution >= 4 is 5.97 Å². The third-order valence-corrected chi connectivity index (χ3v) is 2.35. The summed E-state index contributed by atoms with van der Waals surface area (Å²) in [5, 5.41) is 0. The minimum absolute atomic E-state index is 0.105. The van der Waals surface area contributed by atoms with Crippen molar-refractivity contribution in [1.82, 2.24) is 0 Å². The van der Waals surface area contributed by atoms with E-state index >= 15 is 0 Å². The predicted octanol–water partition coefficient (Wildman–Crippen LogP) is 2.88. The number of rotatable bonds is 8. The van der Waals surface area contributed by atoms with Gasteiger partial charge in [0.25, 0.3) is 0 Å². The number of carbonyl (C=O) groups excluding carboxylic acids is 1. The average molecular weight is 230 g/mol. The first-order chi connectivity index (χ1) is 7.47. The summed E-state index contributed by atoms with van der Waals surface area (Å²) >= 11 is 0. The van der Waals surface area contributed by atoms with Crippen molar-refractivity contribution in [3.8, 4) is 0 Å². The second-order valence-corrected chi connectivity index (χ2v) is 5.15. The Bertz CT molecular complexity index is 188. The van der Waals surface area contributed by atoms with Crippen molar-refractivity contribution < 1.29 is 14.3 Å². The third kappa shape index (κ3) is 7.69. The van der Waals surface area contributed by atoms with E-state index in [0.29, 0.717) is 25.0 Å². The zero-order chi connectivity index (χ0) is 12.6. The lowest BCUT2D eigenvalue weighted by Crippen LogP contribution is -2.24. The molecule has 0 spiro atoms. The van der Waals surface area contributed by atoms with Gasteiger partial charge in [0.2, 0.25) is 0 Å². The standard InChI is InChI=1S/C13H26O3/c1-10(2)6-7-12(9-15-5)13(14)16-8-11(3)4/h10-12H,6-9H2,1-5H3. The van der Waals surface area contributed by atoms with Gasteiger partial charge in [-0.15, -0.1) is 0 Å². The monoisotopic (exact) mass is 230 g/mol. The molecule has 0 fully saturated rings. The molecule has 1 unspecified atom stereocenters. The molecule has 0 aliphatic heterocycles. The topological polar surface area (TPSA) is 35.5 Å². The Kier molecular flexibility index (Phi) is 8.26. The molecule has 0 heterocycles. The first-order valence-corrected chi connectivity index (χ1v) is 6.12. The predicted molar refractivity (Wildman–Crippen MR) is 65.2 cm³/mol. The fourth-order valence-electron chi connectivity index (χ4n) is 1.37. The van der Waals surface area contributed by atoms with Crippen LogP contribution in [0.2, 0.25) is 0 Å². The molecule has 0 amide bonds. The minimum Gasteiger partial charge on any atom is -0.465 e. The van der Waals surface area contributed by atoms with Crippen LogP contribution in [0.3, 0.4) is 0 Å². The van der Waals surface area contributed by atoms with E-state index in [2.05, 4.69) is 13.8 Å². The van der Waals surface area contributed by atoms with Crippen molar-refractivity contribution in [2.75, 3.05) is 20.3 Å². The van der Waals surface area contributed by atoms with Gasteiger partial charge in [0.05, 0.1) is 19.1 Å². The van der Waals surface area contributed by atoms with E-state index in [4.69, 9.17) is 9.47 Å². The molecule has 0 N–H and O–H groups in total. The van der Waals surface area contributed by atoms with Crippen LogP contribution in [0.15, 0.2) is 0 Å². The van der Waals surface area contributed by atoms with E-state index in [9.17, 15) is 4.79 Å². The van der Waals surface area contributed by atoms with E-state index in [-0.39, 0.29) is 11.9 Å². The summed E-state index contributed by atoms with van der Waals surface area (Å²) < 4.78 is 10.3. The maximum atomic E-state index is 11.7. The smallest absolute Gasteiger partial charge is 0.311 e. The number of hydrogen-bond donors (Lipinski definition) is 0. The number of hydrogen-bond acceptors (Lipinski definition) is 3. The Morgan fingerprint density at radius 3 is 2.06 bits per heavy atom. The highest BCUT2D eigenvalue weighted by atomic mass is 16.5. The summed E-state index contributed by atoms with van der Waals surface area (Å²) in [4.78, 5) is 11.7. The molecule has 1 atom stereocenters. The Labute approximate surface area is 99.5 Å². The van der Waals surface area contributed by atoms with Gasteiger partial charge in [-0.25, -0.2) is 0 Å². The first-order valence-electron chi connectivity index (χ1n) is 6.12. The van der Waals surface area contributed by atoms with Gasteiger partial charge in [0, 0.05) is 7.11 Å². The van der Waals surface area contributed by atoms with E-state index < -0.39 is 0 Å². The van der Waals surface area contributed by atoms with Crippen molar-refractivity contribution in [3.63, 3.8) is 0 Å². The molecule has 96 valence electrons. The number of carbonyl (C=O) groups is 1. The summed E-state index contributed by atoms with van der Waals surface area (Å²) in [7, 11) is 1.62. The molecule has 16 heavy (non-hydrogen) atoms. The van der Waals surface area contributed by atoms with Gasteiger partial charge in [-0.05, 0) is 18.3 Å². The van der Waals surface area contributed by atoms with Gasteiger partial charge < -0.3 is 9.47 Å². The Morgan fingerprint density at radius 1 is 1.00 bits per heavy atom. The lowest BCUT2D eigenvalue weighted by atomic mass is 9.98. The van der Waals surface area contributed by atoms with Crippen LogP contribution in [0.5, 0.6) is 0 Å². The molecule has 0 aliphatic rings. The maximum absolute atomic E-state index is 11.7. The second kappa shape index (κ2) is 8.57. The van der Waals surface area contributed by atoms with E-state index in [1.165, 1.54) is 0 Å². The Balaban J connectivity index is 4.02. The molecule has 0 aromatic carbocycles. The number of ether oxygens (including phenoxy) is 2. The summed E-state index contributed by atoms with van der Waals surface area (Å²) in [5.74, 6) is 0.775. The summed E-state index contributed by atoms with van der Waals surface area (Å²) in [5.41, 5.74) is 0. The van der Waals surface area contributed by atoms with Gasteiger partial charge in [-0.1, -0.05) is 34.1 Å². The quantitative estimate of drug-likeness (QED) is 0.601. The molecule has 3 heteroatoms. The highest BCUT2D eigenvalue weighted by Gasteiger charge is 2.20. The van der Waals surface area contributed by atoms with Crippen LogP contribution in [-0.4, -0.2) is 26.3 Å². The number of esters is 1.